The van der Waals surface area contributed by atoms with E-state index in [1.54, 1.807) is 12.1 Å². The van der Waals surface area contributed by atoms with Crippen molar-refractivity contribution in [2.24, 2.45) is 0 Å². The summed E-state index contributed by atoms with van der Waals surface area (Å²) in [6, 6.07) is 18.3. The lowest BCUT2D eigenvalue weighted by molar-refractivity contribution is 0.600. The monoisotopic (exact) mass is 279 g/mol. The van der Waals surface area contributed by atoms with Crippen LogP contribution in [0.4, 0.5) is 10.1 Å². The van der Waals surface area contributed by atoms with Gasteiger partial charge >= 0.3 is 0 Å². The molecule has 3 nitrogen and oxygen atoms in total. The molecule has 0 amide bonds. The number of nitrogens with zero attached hydrogens (tertiary/aromatic N) is 3. The fraction of sp³-hybridized carbons (Fsp3) is 0.176. The summed E-state index contributed by atoms with van der Waals surface area (Å²) in [5, 5.41) is 17.7. The highest BCUT2D eigenvalue weighted by Gasteiger charge is 2.12. The van der Waals surface area contributed by atoms with E-state index in [1.165, 1.54) is 6.07 Å². The first kappa shape index (κ1) is 14.6. The van der Waals surface area contributed by atoms with Crippen molar-refractivity contribution in [3.63, 3.8) is 0 Å². The summed E-state index contributed by atoms with van der Waals surface area (Å²) in [6.45, 7) is 0.837. The van der Waals surface area contributed by atoms with Gasteiger partial charge in [0.1, 0.15) is 11.9 Å². The Morgan fingerprint density at radius 2 is 1.76 bits per heavy atom. The second-order valence-electron chi connectivity index (χ2n) is 4.56. The van der Waals surface area contributed by atoms with Crippen molar-refractivity contribution in [2.75, 3.05) is 11.4 Å². The summed E-state index contributed by atoms with van der Waals surface area (Å²) in [7, 11) is 0. The molecule has 0 aliphatic rings. The zero-order valence-electron chi connectivity index (χ0n) is 11.5. The van der Waals surface area contributed by atoms with Crippen molar-refractivity contribution in [3.8, 4) is 12.1 Å². The average Bonchev–Trinajstić information content (AvgIpc) is 2.53. The smallest absolute Gasteiger partial charge is 0.145 e. The van der Waals surface area contributed by atoms with Crippen LogP contribution in [0.1, 0.15) is 17.5 Å². The molecule has 0 atom stereocenters. The van der Waals surface area contributed by atoms with E-state index in [1.807, 2.05) is 41.3 Å². The summed E-state index contributed by atoms with van der Waals surface area (Å²) in [6.07, 6.45) is 0.356. The lowest BCUT2D eigenvalue weighted by atomic mass is 10.1. The lowest BCUT2D eigenvalue weighted by Gasteiger charge is -2.24. The molecule has 2 aromatic carbocycles. The molecule has 0 spiro atoms. The summed E-state index contributed by atoms with van der Waals surface area (Å²) in [4.78, 5) is 1.93. The van der Waals surface area contributed by atoms with Gasteiger partial charge in [0, 0.05) is 24.3 Å². The first-order valence-corrected chi connectivity index (χ1v) is 6.60. The number of halogens is 1. The second kappa shape index (κ2) is 7.07. The SMILES string of the molecule is N#CCCN(Cc1cccc(C#N)c1F)c1ccccc1. The maximum atomic E-state index is 14.2. The van der Waals surface area contributed by atoms with Crippen LogP contribution in [-0.2, 0) is 6.54 Å². The van der Waals surface area contributed by atoms with Crippen molar-refractivity contribution in [1.82, 2.24) is 0 Å². The highest BCUT2D eigenvalue weighted by molar-refractivity contribution is 5.47. The van der Waals surface area contributed by atoms with Crippen LogP contribution < -0.4 is 4.90 Å². The number of hydrogen-bond donors (Lipinski definition) is 0. The largest absolute Gasteiger partial charge is 0.366 e. The third-order valence-corrected chi connectivity index (χ3v) is 3.18. The van der Waals surface area contributed by atoms with Crippen molar-refractivity contribution >= 4 is 5.69 Å². The van der Waals surface area contributed by atoms with Crippen LogP contribution in [0.2, 0.25) is 0 Å². The van der Waals surface area contributed by atoms with Gasteiger partial charge in [0.2, 0.25) is 0 Å². The van der Waals surface area contributed by atoms with E-state index in [0.29, 0.717) is 25.1 Å². The molecule has 0 heterocycles. The van der Waals surface area contributed by atoms with Crippen molar-refractivity contribution in [3.05, 3.63) is 65.5 Å². The summed E-state index contributed by atoms with van der Waals surface area (Å²) in [5.41, 5.74) is 1.42. The van der Waals surface area contributed by atoms with Crippen LogP contribution in [0.3, 0.4) is 0 Å². The number of anilines is 1. The molecule has 0 saturated heterocycles. The van der Waals surface area contributed by atoms with Crippen molar-refractivity contribution in [2.45, 2.75) is 13.0 Å². The molecule has 0 N–H and O–H groups in total. The van der Waals surface area contributed by atoms with Crippen LogP contribution >= 0.6 is 0 Å². The van der Waals surface area contributed by atoms with Gasteiger partial charge in [-0.3, -0.25) is 0 Å². The Hall–Kier alpha value is -2.85. The van der Waals surface area contributed by atoms with Gasteiger partial charge in [-0.15, -0.1) is 0 Å². The predicted octanol–water partition coefficient (Wildman–Crippen LogP) is 3.62. The standard InChI is InChI=1S/C17H14FN3/c18-17-14(12-20)6-4-7-15(17)13-21(11-5-10-19)16-8-2-1-3-9-16/h1-4,6-9H,5,11,13H2. The highest BCUT2D eigenvalue weighted by atomic mass is 19.1. The van der Waals surface area contributed by atoms with E-state index in [0.717, 1.165) is 5.69 Å². The maximum Gasteiger partial charge on any atom is 0.145 e. The predicted molar refractivity (Wildman–Crippen MR) is 78.8 cm³/mol. The summed E-state index contributed by atoms with van der Waals surface area (Å²) < 4.78 is 14.2. The molecular formula is C17H14FN3. The van der Waals surface area contributed by atoms with Gasteiger partial charge in [-0.05, 0) is 18.2 Å². The van der Waals surface area contributed by atoms with Gasteiger partial charge in [0.25, 0.3) is 0 Å². The summed E-state index contributed by atoms with van der Waals surface area (Å²) in [5.74, 6) is -0.488. The normalized spacial score (nSPS) is 9.67. The minimum atomic E-state index is -0.488. The fourth-order valence-electron chi connectivity index (χ4n) is 2.12. The van der Waals surface area contributed by atoms with Gasteiger partial charge in [0.15, 0.2) is 0 Å². The molecule has 0 radical (unpaired) electrons. The summed E-state index contributed by atoms with van der Waals surface area (Å²) >= 11 is 0. The van der Waals surface area contributed by atoms with Crippen molar-refractivity contribution < 1.29 is 4.39 Å². The topological polar surface area (TPSA) is 50.8 Å². The van der Waals surface area contributed by atoms with Crippen LogP contribution in [-0.4, -0.2) is 6.54 Å². The Labute approximate surface area is 123 Å². The minimum Gasteiger partial charge on any atom is -0.366 e. The molecule has 0 fully saturated rings. The minimum absolute atomic E-state index is 0.0424. The molecule has 0 unspecified atom stereocenters. The number of nitriles is 2. The zero-order chi connectivity index (χ0) is 15.1. The first-order chi connectivity index (χ1) is 10.3. The van der Waals surface area contributed by atoms with Gasteiger partial charge in [-0.1, -0.05) is 30.3 Å². The number of hydrogen-bond acceptors (Lipinski definition) is 3. The van der Waals surface area contributed by atoms with E-state index < -0.39 is 5.82 Å². The Balaban J connectivity index is 2.28. The molecule has 0 bridgehead atoms. The molecule has 0 aliphatic carbocycles. The van der Waals surface area contributed by atoms with E-state index in [-0.39, 0.29) is 5.56 Å². The number of para-hydroxylation sites is 1. The molecular weight excluding hydrogens is 265 g/mol. The van der Waals surface area contributed by atoms with Gasteiger partial charge in [0.05, 0.1) is 18.1 Å². The Bertz CT molecular complexity index is 683. The van der Waals surface area contributed by atoms with Gasteiger partial charge in [-0.25, -0.2) is 4.39 Å². The van der Waals surface area contributed by atoms with Gasteiger partial charge in [-0.2, -0.15) is 10.5 Å². The molecule has 0 aliphatic heterocycles. The molecule has 0 saturated carbocycles. The van der Waals surface area contributed by atoms with Crippen LogP contribution in [0.25, 0.3) is 0 Å². The number of benzene rings is 2. The Kier molecular flexibility index (Phi) is 4.90. The van der Waals surface area contributed by atoms with Crippen LogP contribution in [0, 0.1) is 28.5 Å². The van der Waals surface area contributed by atoms with E-state index in [9.17, 15) is 4.39 Å². The molecule has 0 aromatic heterocycles. The van der Waals surface area contributed by atoms with Crippen LogP contribution in [0.15, 0.2) is 48.5 Å². The molecule has 21 heavy (non-hydrogen) atoms. The van der Waals surface area contributed by atoms with Gasteiger partial charge < -0.3 is 4.90 Å². The molecule has 4 heteroatoms. The average molecular weight is 279 g/mol. The Morgan fingerprint density at radius 3 is 2.43 bits per heavy atom. The van der Waals surface area contributed by atoms with Crippen LogP contribution in [0.5, 0.6) is 0 Å². The molecule has 2 aromatic rings. The number of rotatable bonds is 5. The third kappa shape index (κ3) is 3.58. The third-order valence-electron chi connectivity index (χ3n) is 3.18. The second-order valence-corrected chi connectivity index (χ2v) is 4.56. The lowest BCUT2D eigenvalue weighted by Crippen LogP contribution is -2.24. The maximum absolute atomic E-state index is 14.2. The van der Waals surface area contributed by atoms with E-state index in [4.69, 9.17) is 10.5 Å². The molecule has 104 valence electrons. The quantitative estimate of drug-likeness (QED) is 0.840. The van der Waals surface area contributed by atoms with E-state index >= 15 is 0 Å². The highest BCUT2D eigenvalue weighted by Crippen LogP contribution is 2.20. The van der Waals surface area contributed by atoms with E-state index in [2.05, 4.69) is 6.07 Å². The zero-order valence-corrected chi connectivity index (χ0v) is 11.5. The van der Waals surface area contributed by atoms with Crippen molar-refractivity contribution in [1.29, 1.82) is 10.5 Å². The Morgan fingerprint density at radius 1 is 1.00 bits per heavy atom. The molecule has 2 rings (SSSR count). The fourth-order valence-corrected chi connectivity index (χ4v) is 2.12. The first-order valence-electron chi connectivity index (χ1n) is 6.60.